The van der Waals surface area contributed by atoms with Gasteiger partial charge in [0.25, 0.3) is 0 Å². The van der Waals surface area contributed by atoms with Crippen molar-refractivity contribution >= 4 is 11.0 Å². The first-order chi connectivity index (χ1) is 9.13. The Hall–Kier alpha value is -1.77. The zero-order valence-electron chi connectivity index (χ0n) is 11.8. The lowest BCUT2D eigenvalue weighted by molar-refractivity contribution is 0.306. The van der Waals surface area contributed by atoms with E-state index in [4.69, 9.17) is 9.15 Å². The Labute approximate surface area is 113 Å². The van der Waals surface area contributed by atoms with E-state index < -0.39 is 0 Å². The van der Waals surface area contributed by atoms with E-state index in [-0.39, 0.29) is 5.63 Å². The van der Waals surface area contributed by atoms with Crippen molar-refractivity contribution in [3.63, 3.8) is 0 Å². The van der Waals surface area contributed by atoms with Crippen molar-refractivity contribution in [2.45, 2.75) is 40.0 Å². The Morgan fingerprint density at radius 2 is 1.95 bits per heavy atom. The van der Waals surface area contributed by atoms with E-state index in [1.807, 2.05) is 19.1 Å². The van der Waals surface area contributed by atoms with Gasteiger partial charge in [-0.25, -0.2) is 4.79 Å². The average Bonchev–Trinajstić information content (AvgIpc) is 2.41. The summed E-state index contributed by atoms with van der Waals surface area (Å²) in [4.78, 5) is 11.7. The molecule has 0 amide bonds. The van der Waals surface area contributed by atoms with Gasteiger partial charge in [-0.15, -0.1) is 0 Å². The minimum absolute atomic E-state index is 0.270. The molecule has 0 radical (unpaired) electrons. The van der Waals surface area contributed by atoms with Gasteiger partial charge in [-0.3, -0.25) is 0 Å². The third-order valence-corrected chi connectivity index (χ3v) is 3.45. The van der Waals surface area contributed by atoms with Gasteiger partial charge in [0, 0.05) is 17.0 Å². The van der Waals surface area contributed by atoms with Gasteiger partial charge < -0.3 is 9.15 Å². The summed E-state index contributed by atoms with van der Waals surface area (Å²) >= 11 is 0. The topological polar surface area (TPSA) is 39.4 Å². The molecule has 1 aromatic heterocycles. The minimum atomic E-state index is -0.270. The molecular formula is C16H20O3. The van der Waals surface area contributed by atoms with E-state index in [0.29, 0.717) is 17.8 Å². The van der Waals surface area contributed by atoms with Gasteiger partial charge in [0.15, 0.2) is 0 Å². The maximum absolute atomic E-state index is 11.7. The monoisotopic (exact) mass is 260 g/mol. The Morgan fingerprint density at radius 3 is 2.68 bits per heavy atom. The predicted octanol–water partition coefficient (Wildman–Crippen LogP) is 3.98. The van der Waals surface area contributed by atoms with Crippen LogP contribution in [0.2, 0.25) is 0 Å². The molecule has 102 valence electrons. The number of unbranched alkanes of at least 4 members (excludes halogenated alkanes) is 2. The molecule has 0 aliphatic heterocycles. The summed E-state index contributed by atoms with van der Waals surface area (Å²) in [6, 6.07) is 5.69. The highest BCUT2D eigenvalue weighted by atomic mass is 16.5. The summed E-state index contributed by atoms with van der Waals surface area (Å²) < 4.78 is 11.0. The number of benzene rings is 1. The lowest BCUT2D eigenvalue weighted by Crippen LogP contribution is -2.05. The summed E-state index contributed by atoms with van der Waals surface area (Å²) in [7, 11) is 0. The highest BCUT2D eigenvalue weighted by Crippen LogP contribution is 2.23. The van der Waals surface area contributed by atoms with Crippen LogP contribution in [0.4, 0.5) is 0 Å². The van der Waals surface area contributed by atoms with Crippen LogP contribution in [0.1, 0.15) is 37.3 Å². The van der Waals surface area contributed by atoms with E-state index in [1.54, 1.807) is 13.0 Å². The molecule has 2 rings (SSSR count). The molecule has 0 spiro atoms. The molecule has 3 nitrogen and oxygen atoms in total. The van der Waals surface area contributed by atoms with Crippen molar-refractivity contribution in [1.82, 2.24) is 0 Å². The summed E-state index contributed by atoms with van der Waals surface area (Å²) in [5.74, 6) is 0.759. The fourth-order valence-corrected chi connectivity index (χ4v) is 2.06. The standard InChI is InChI=1S/C16H20O3/c1-4-5-6-9-18-13-7-8-14-11(2)12(3)16(17)19-15(14)10-13/h7-8,10H,4-6,9H2,1-3H3. The van der Waals surface area contributed by atoms with Gasteiger partial charge in [0.1, 0.15) is 11.3 Å². The molecule has 0 fully saturated rings. The maximum atomic E-state index is 11.7. The Bertz CT molecular complexity index is 626. The average molecular weight is 260 g/mol. The molecule has 0 unspecified atom stereocenters. The van der Waals surface area contributed by atoms with Crippen molar-refractivity contribution in [3.05, 3.63) is 39.7 Å². The van der Waals surface area contributed by atoms with Gasteiger partial charge >= 0.3 is 5.63 Å². The lowest BCUT2D eigenvalue weighted by atomic mass is 10.1. The van der Waals surface area contributed by atoms with Crippen LogP contribution in [-0.2, 0) is 0 Å². The van der Waals surface area contributed by atoms with Crippen molar-refractivity contribution in [2.24, 2.45) is 0 Å². The maximum Gasteiger partial charge on any atom is 0.339 e. The first-order valence-corrected chi connectivity index (χ1v) is 6.80. The molecule has 19 heavy (non-hydrogen) atoms. The fraction of sp³-hybridized carbons (Fsp3) is 0.438. The minimum Gasteiger partial charge on any atom is -0.493 e. The number of rotatable bonds is 5. The normalized spacial score (nSPS) is 10.9. The van der Waals surface area contributed by atoms with Gasteiger partial charge in [0.05, 0.1) is 6.61 Å². The van der Waals surface area contributed by atoms with Gasteiger partial charge in [-0.1, -0.05) is 19.8 Å². The van der Waals surface area contributed by atoms with Crippen LogP contribution in [0.25, 0.3) is 11.0 Å². The Kier molecular flexibility index (Phi) is 4.25. The van der Waals surface area contributed by atoms with Gasteiger partial charge in [0.2, 0.25) is 0 Å². The van der Waals surface area contributed by atoms with Crippen LogP contribution >= 0.6 is 0 Å². The molecular weight excluding hydrogens is 240 g/mol. The molecule has 1 aromatic carbocycles. The molecule has 2 aromatic rings. The van der Waals surface area contributed by atoms with Crippen molar-refractivity contribution in [3.8, 4) is 5.75 Å². The second-order valence-corrected chi connectivity index (χ2v) is 4.85. The molecule has 0 aliphatic carbocycles. The third-order valence-electron chi connectivity index (χ3n) is 3.45. The quantitative estimate of drug-likeness (QED) is 0.603. The molecule has 0 bridgehead atoms. The predicted molar refractivity (Wildman–Crippen MR) is 77.0 cm³/mol. The van der Waals surface area contributed by atoms with E-state index in [2.05, 4.69) is 6.92 Å². The van der Waals surface area contributed by atoms with Crippen molar-refractivity contribution < 1.29 is 9.15 Å². The highest BCUT2D eigenvalue weighted by molar-refractivity contribution is 5.82. The molecule has 3 heteroatoms. The first kappa shape index (κ1) is 13.7. The highest BCUT2D eigenvalue weighted by Gasteiger charge is 2.08. The number of fused-ring (bicyclic) bond motifs is 1. The molecule has 0 saturated heterocycles. The number of hydrogen-bond acceptors (Lipinski definition) is 3. The van der Waals surface area contributed by atoms with Crippen LogP contribution in [0.3, 0.4) is 0 Å². The third kappa shape index (κ3) is 2.98. The molecule has 0 atom stereocenters. The smallest absolute Gasteiger partial charge is 0.339 e. The zero-order valence-corrected chi connectivity index (χ0v) is 11.8. The Morgan fingerprint density at radius 1 is 1.16 bits per heavy atom. The van der Waals surface area contributed by atoms with Crippen LogP contribution in [0.15, 0.2) is 27.4 Å². The lowest BCUT2D eigenvalue weighted by Gasteiger charge is -2.08. The Balaban J connectivity index is 2.26. The summed E-state index contributed by atoms with van der Waals surface area (Å²) in [6.45, 7) is 6.59. The SMILES string of the molecule is CCCCCOc1ccc2c(C)c(C)c(=O)oc2c1. The van der Waals surface area contributed by atoms with E-state index in [0.717, 1.165) is 23.1 Å². The van der Waals surface area contributed by atoms with E-state index >= 15 is 0 Å². The summed E-state index contributed by atoms with van der Waals surface area (Å²) in [5, 5.41) is 0.970. The summed E-state index contributed by atoms with van der Waals surface area (Å²) in [5.41, 5.74) is 1.97. The molecule has 0 saturated carbocycles. The largest absolute Gasteiger partial charge is 0.493 e. The van der Waals surface area contributed by atoms with Crippen LogP contribution in [0.5, 0.6) is 5.75 Å². The van der Waals surface area contributed by atoms with Crippen molar-refractivity contribution in [1.29, 1.82) is 0 Å². The summed E-state index contributed by atoms with van der Waals surface area (Å²) in [6.07, 6.45) is 3.39. The number of ether oxygens (including phenoxy) is 1. The zero-order chi connectivity index (χ0) is 13.8. The van der Waals surface area contributed by atoms with E-state index in [1.165, 1.54) is 12.8 Å². The van der Waals surface area contributed by atoms with Gasteiger partial charge in [-0.2, -0.15) is 0 Å². The second-order valence-electron chi connectivity index (χ2n) is 4.85. The van der Waals surface area contributed by atoms with Gasteiger partial charge in [-0.05, 0) is 38.0 Å². The molecule has 0 N–H and O–H groups in total. The fourth-order valence-electron chi connectivity index (χ4n) is 2.06. The first-order valence-electron chi connectivity index (χ1n) is 6.80. The number of hydrogen-bond donors (Lipinski definition) is 0. The van der Waals surface area contributed by atoms with Crippen LogP contribution < -0.4 is 10.4 Å². The van der Waals surface area contributed by atoms with E-state index in [9.17, 15) is 4.79 Å². The van der Waals surface area contributed by atoms with Crippen LogP contribution in [-0.4, -0.2) is 6.61 Å². The molecule has 0 aliphatic rings. The molecule has 1 heterocycles. The second kappa shape index (κ2) is 5.91. The number of aryl methyl sites for hydroxylation is 1. The van der Waals surface area contributed by atoms with Crippen LogP contribution in [0, 0.1) is 13.8 Å². The van der Waals surface area contributed by atoms with Crippen molar-refractivity contribution in [2.75, 3.05) is 6.61 Å².